The minimum atomic E-state index is -0.121. The van der Waals surface area contributed by atoms with Gasteiger partial charge in [-0.3, -0.25) is 9.59 Å². The van der Waals surface area contributed by atoms with E-state index in [9.17, 15) is 9.59 Å². The highest BCUT2D eigenvalue weighted by atomic mass is 35.5. The van der Waals surface area contributed by atoms with Gasteiger partial charge in [-0.05, 0) is 37.2 Å². The van der Waals surface area contributed by atoms with Crippen LogP contribution in [0.25, 0.3) is 0 Å². The first-order chi connectivity index (χ1) is 8.65. The van der Waals surface area contributed by atoms with Gasteiger partial charge < -0.3 is 16.0 Å². The van der Waals surface area contributed by atoms with Gasteiger partial charge in [0.1, 0.15) is 0 Å². The zero-order chi connectivity index (χ0) is 13.0. The van der Waals surface area contributed by atoms with E-state index >= 15 is 0 Å². The van der Waals surface area contributed by atoms with E-state index in [4.69, 9.17) is 0 Å². The molecule has 19 heavy (non-hydrogen) atoms. The van der Waals surface area contributed by atoms with Gasteiger partial charge in [-0.2, -0.15) is 0 Å². The minimum absolute atomic E-state index is 0. The number of carbonyl (C=O) groups is 2. The fraction of sp³-hybridized carbons (Fsp3) is 0.385. The van der Waals surface area contributed by atoms with Crippen LogP contribution in [0.2, 0.25) is 0 Å². The van der Waals surface area contributed by atoms with Crippen LogP contribution in [-0.4, -0.2) is 30.9 Å². The summed E-state index contributed by atoms with van der Waals surface area (Å²) in [7, 11) is 0. The van der Waals surface area contributed by atoms with Gasteiger partial charge in [0.05, 0.1) is 0 Å². The molecule has 1 saturated heterocycles. The average molecular weight is 284 g/mol. The number of anilines is 1. The van der Waals surface area contributed by atoms with E-state index in [0.29, 0.717) is 11.3 Å². The molecule has 0 saturated carbocycles. The molecule has 1 unspecified atom stereocenters. The maximum atomic E-state index is 11.9. The topological polar surface area (TPSA) is 70.2 Å². The molecule has 1 aliphatic rings. The van der Waals surface area contributed by atoms with Crippen LogP contribution >= 0.6 is 12.4 Å². The molecule has 5 nitrogen and oxygen atoms in total. The third-order valence-electron chi connectivity index (χ3n) is 2.86. The molecule has 2 amide bonds. The summed E-state index contributed by atoms with van der Waals surface area (Å²) in [5.41, 5.74) is 1.30. The Hall–Kier alpha value is -1.59. The van der Waals surface area contributed by atoms with E-state index in [1.807, 2.05) is 0 Å². The molecule has 0 spiro atoms. The second-order valence-corrected chi connectivity index (χ2v) is 4.42. The van der Waals surface area contributed by atoms with Crippen LogP contribution in [0, 0.1) is 0 Å². The molecule has 1 aromatic carbocycles. The van der Waals surface area contributed by atoms with Crippen molar-refractivity contribution in [2.75, 3.05) is 18.4 Å². The summed E-state index contributed by atoms with van der Waals surface area (Å²) in [5.74, 6) is -0.192. The number of halogens is 1. The monoisotopic (exact) mass is 283 g/mol. The number of rotatable bonds is 3. The molecule has 1 atom stereocenters. The number of carbonyl (C=O) groups excluding carboxylic acids is 2. The van der Waals surface area contributed by atoms with Crippen molar-refractivity contribution < 1.29 is 9.59 Å². The molecule has 1 heterocycles. The maximum Gasteiger partial charge on any atom is 0.251 e. The highest BCUT2D eigenvalue weighted by Gasteiger charge is 2.17. The fourth-order valence-corrected chi connectivity index (χ4v) is 1.95. The summed E-state index contributed by atoms with van der Waals surface area (Å²) in [6.45, 7) is 3.23. The Kier molecular flexibility index (Phi) is 5.79. The lowest BCUT2D eigenvalue weighted by Gasteiger charge is -2.11. The predicted octanol–water partition coefficient (Wildman–Crippen LogP) is 1.16. The average Bonchev–Trinajstić information content (AvgIpc) is 2.82. The van der Waals surface area contributed by atoms with Gasteiger partial charge in [-0.1, -0.05) is 0 Å². The lowest BCUT2D eigenvalue weighted by molar-refractivity contribution is -0.114. The van der Waals surface area contributed by atoms with E-state index in [1.54, 1.807) is 24.3 Å². The summed E-state index contributed by atoms with van der Waals surface area (Å²) in [6.07, 6.45) is 0.968. The zero-order valence-electron chi connectivity index (χ0n) is 10.7. The van der Waals surface area contributed by atoms with Crippen molar-refractivity contribution in [3.8, 4) is 0 Å². The van der Waals surface area contributed by atoms with Crippen molar-refractivity contribution in [2.24, 2.45) is 0 Å². The molecular weight excluding hydrogens is 266 g/mol. The standard InChI is InChI=1S/C13H17N3O2.ClH/c1-9(17)15-11-4-2-10(3-5-11)13(18)16-12-6-7-14-8-12;/h2-5,12,14H,6-8H2,1H3,(H,15,17)(H,16,18);1H. The van der Waals surface area contributed by atoms with Gasteiger partial charge in [-0.15, -0.1) is 12.4 Å². The maximum absolute atomic E-state index is 11.9. The molecule has 0 aromatic heterocycles. The fourth-order valence-electron chi connectivity index (χ4n) is 1.95. The van der Waals surface area contributed by atoms with Crippen molar-refractivity contribution in [1.29, 1.82) is 0 Å². The van der Waals surface area contributed by atoms with Gasteiger partial charge >= 0.3 is 0 Å². The van der Waals surface area contributed by atoms with E-state index in [0.717, 1.165) is 19.5 Å². The first-order valence-electron chi connectivity index (χ1n) is 6.04. The highest BCUT2D eigenvalue weighted by molar-refractivity contribution is 5.95. The summed E-state index contributed by atoms with van der Waals surface area (Å²) in [6, 6.07) is 7.09. The van der Waals surface area contributed by atoms with Crippen LogP contribution in [0.1, 0.15) is 23.7 Å². The van der Waals surface area contributed by atoms with Crippen LogP contribution in [0.15, 0.2) is 24.3 Å². The third kappa shape index (κ3) is 4.54. The molecule has 1 aromatic rings. The van der Waals surface area contributed by atoms with Crippen LogP contribution in [0.5, 0.6) is 0 Å². The molecule has 104 valence electrons. The van der Waals surface area contributed by atoms with Crippen LogP contribution < -0.4 is 16.0 Å². The summed E-state index contributed by atoms with van der Waals surface area (Å²) in [4.78, 5) is 22.8. The smallest absolute Gasteiger partial charge is 0.251 e. The van der Waals surface area contributed by atoms with Gasteiger partial charge in [0.15, 0.2) is 0 Å². The third-order valence-corrected chi connectivity index (χ3v) is 2.86. The Morgan fingerprint density at radius 2 is 1.95 bits per heavy atom. The molecular formula is C13H18ClN3O2. The largest absolute Gasteiger partial charge is 0.348 e. The molecule has 6 heteroatoms. The minimum Gasteiger partial charge on any atom is -0.348 e. The Morgan fingerprint density at radius 3 is 2.47 bits per heavy atom. The van der Waals surface area contributed by atoms with Crippen LogP contribution in [0.3, 0.4) is 0 Å². The number of nitrogens with one attached hydrogen (secondary N) is 3. The zero-order valence-corrected chi connectivity index (χ0v) is 11.5. The quantitative estimate of drug-likeness (QED) is 0.780. The van der Waals surface area contributed by atoms with E-state index in [2.05, 4.69) is 16.0 Å². The molecule has 0 radical (unpaired) electrons. The van der Waals surface area contributed by atoms with E-state index in [1.165, 1.54) is 6.92 Å². The Labute approximate surface area is 118 Å². The lowest BCUT2D eigenvalue weighted by atomic mass is 10.1. The van der Waals surface area contributed by atoms with Gasteiger partial charge in [0.2, 0.25) is 5.91 Å². The van der Waals surface area contributed by atoms with Gasteiger partial charge in [0.25, 0.3) is 5.91 Å². The Bertz CT molecular complexity index is 442. The first-order valence-corrected chi connectivity index (χ1v) is 6.04. The Balaban J connectivity index is 0.00000180. The lowest BCUT2D eigenvalue weighted by Crippen LogP contribution is -2.36. The second kappa shape index (κ2) is 7.11. The molecule has 1 aliphatic heterocycles. The molecule has 0 aliphatic carbocycles. The number of hydrogen-bond donors (Lipinski definition) is 3. The number of amides is 2. The van der Waals surface area contributed by atoms with Gasteiger partial charge in [0, 0.05) is 30.8 Å². The summed E-state index contributed by atoms with van der Waals surface area (Å²) >= 11 is 0. The molecule has 0 bridgehead atoms. The summed E-state index contributed by atoms with van der Waals surface area (Å²) < 4.78 is 0. The number of benzene rings is 1. The van der Waals surface area contributed by atoms with Crippen LogP contribution in [0.4, 0.5) is 5.69 Å². The SMILES string of the molecule is CC(=O)Nc1ccc(C(=O)NC2CCNC2)cc1.Cl. The normalized spacial score (nSPS) is 17.4. The van der Waals surface area contributed by atoms with Crippen molar-refractivity contribution in [3.63, 3.8) is 0 Å². The van der Waals surface area contributed by atoms with E-state index in [-0.39, 0.29) is 30.3 Å². The molecule has 3 N–H and O–H groups in total. The van der Waals surface area contributed by atoms with Crippen LogP contribution in [-0.2, 0) is 4.79 Å². The Morgan fingerprint density at radius 1 is 1.26 bits per heavy atom. The van der Waals surface area contributed by atoms with Gasteiger partial charge in [-0.25, -0.2) is 0 Å². The highest BCUT2D eigenvalue weighted by Crippen LogP contribution is 2.10. The predicted molar refractivity (Wildman–Crippen MR) is 76.7 cm³/mol. The van der Waals surface area contributed by atoms with Crippen molar-refractivity contribution >= 4 is 29.9 Å². The first kappa shape index (κ1) is 15.5. The van der Waals surface area contributed by atoms with Crippen molar-refractivity contribution in [2.45, 2.75) is 19.4 Å². The number of hydrogen-bond acceptors (Lipinski definition) is 3. The van der Waals surface area contributed by atoms with Crippen molar-refractivity contribution in [3.05, 3.63) is 29.8 Å². The van der Waals surface area contributed by atoms with E-state index < -0.39 is 0 Å². The molecule has 1 fully saturated rings. The summed E-state index contributed by atoms with van der Waals surface area (Å²) in [5, 5.41) is 8.83. The van der Waals surface area contributed by atoms with Crippen molar-refractivity contribution in [1.82, 2.24) is 10.6 Å². The second-order valence-electron chi connectivity index (χ2n) is 4.42. The molecule has 2 rings (SSSR count).